The Morgan fingerprint density at radius 2 is 1.76 bits per heavy atom. The summed E-state index contributed by atoms with van der Waals surface area (Å²) in [6, 6.07) is 10.8. The van der Waals surface area contributed by atoms with Gasteiger partial charge in [-0.25, -0.2) is 4.79 Å². The van der Waals surface area contributed by atoms with E-state index in [0.717, 1.165) is 41.7 Å². The van der Waals surface area contributed by atoms with Gasteiger partial charge >= 0.3 is 6.09 Å². The Bertz CT molecular complexity index is 879. The SMILES string of the molecule is CCO/N=C(/c1ccc(Br)cc1)C1CCN(C2(C#N)CCN(C(=O)OC(C)(C)C)CC2)CC1.Cl. The van der Waals surface area contributed by atoms with Crippen molar-refractivity contribution in [2.45, 2.75) is 64.5 Å². The Morgan fingerprint density at radius 3 is 2.26 bits per heavy atom. The topological polar surface area (TPSA) is 78.2 Å². The van der Waals surface area contributed by atoms with E-state index in [4.69, 9.17) is 9.57 Å². The van der Waals surface area contributed by atoms with E-state index < -0.39 is 11.1 Å². The van der Waals surface area contributed by atoms with Crippen LogP contribution in [-0.4, -0.2) is 65.5 Å². The van der Waals surface area contributed by atoms with Crippen molar-refractivity contribution in [2.75, 3.05) is 32.8 Å². The maximum Gasteiger partial charge on any atom is 0.410 e. The van der Waals surface area contributed by atoms with Crippen LogP contribution in [0.25, 0.3) is 0 Å². The maximum absolute atomic E-state index is 12.4. The molecular weight excluding hydrogens is 520 g/mol. The molecule has 2 fully saturated rings. The van der Waals surface area contributed by atoms with E-state index in [1.807, 2.05) is 39.8 Å². The van der Waals surface area contributed by atoms with E-state index in [1.165, 1.54) is 0 Å². The van der Waals surface area contributed by atoms with Crippen molar-refractivity contribution in [3.8, 4) is 6.07 Å². The van der Waals surface area contributed by atoms with Gasteiger partial charge < -0.3 is 14.5 Å². The minimum Gasteiger partial charge on any atom is -0.444 e. The Hall–Kier alpha value is -1.82. The van der Waals surface area contributed by atoms with Crippen molar-refractivity contribution < 1.29 is 14.4 Å². The molecule has 0 spiro atoms. The van der Waals surface area contributed by atoms with Gasteiger partial charge in [0.2, 0.25) is 0 Å². The van der Waals surface area contributed by atoms with Crippen LogP contribution in [0.5, 0.6) is 0 Å². The van der Waals surface area contributed by atoms with Crippen LogP contribution in [0.4, 0.5) is 4.79 Å². The van der Waals surface area contributed by atoms with Crippen LogP contribution in [0.2, 0.25) is 0 Å². The molecule has 188 valence electrons. The highest BCUT2D eigenvalue weighted by Crippen LogP contribution is 2.34. The van der Waals surface area contributed by atoms with Gasteiger partial charge in [-0.05, 0) is 71.1 Å². The number of oxime groups is 1. The Morgan fingerprint density at radius 1 is 1.18 bits per heavy atom. The molecule has 0 bridgehead atoms. The second-order valence-corrected chi connectivity index (χ2v) is 10.7. The van der Waals surface area contributed by atoms with Crippen molar-refractivity contribution in [2.24, 2.45) is 11.1 Å². The first-order chi connectivity index (χ1) is 15.7. The fourth-order valence-corrected chi connectivity index (χ4v) is 4.85. The second-order valence-electron chi connectivity index (χ2n) is 9.77. The molecule has 9 heteroatoms. The van der Waals surface area contributed by atoms with E-state index in [9.17, 15) is 10.1 Å². The number of rotatable bonds is 5. The molecule has 34 heavy (non-hydrogen) atoms. The van der Waals surface area contributed by atoms with Gasteiger partial charge in [-0.15, -0.1) is 12.4 Å². The number of likely N-dealkylation sites (tertiary alicyclic amines) is 2. The maximum atomic E-state index is 12.4. The number of piperidine rings is 2. The first-order valence-electron chi connectivity index (χ1n) is 11.8. The van der Waals surface area contributed by atoms with Crippen molar-refractivity contribution in [1.82, 2.24) is 9.80 Å². The lowest BCUT2D eigenvalue weighted by Gasteiger charge is -2.47. The summed E-state index contributed by atoms with van der Waals surface area (Å²) in [5, 5.41) is 14.6. The van der Waals surface area contributed by atoms with Crippen LogP contribution in [-0.2, 0) is 9.57 Å². The third kappa shape index (κ3) is 7.10. The first kappa shape index (κ1) is 28.4. The van der Waals surface area contributed by atoms with Crippen molar-refractivity contribution in [3.63, 3.8) is 0 Å². The molecule has 2 aliphatic heterocycles. The van der Waals surface area contributed by atoms with Crippen LogP contribution < -0.4 is 0 Å². The zero-order valence-electron chi connectivity index (χ0n) is 20.6. The summed E-state index contributed by atoms with van der Waals surface area (Å²) in [6.45, 7) is 10.8. The summed E-state index contributed by atoms with van der Waals surface area (Å²) in [5.74, 6) is 0.284. The number of carbonyl (C=O) groups is 1. The highest BCUT2D eigenvalue weighted by molar-refractivity contribution is 9.10. The summed E-state index contributed by atoms with van der Waals surface area (Å²) in [4.78, 5) is 21.9. The average Bonchev–Trinajstić information content (AvgIpc) is 2.80. The van der Waals surface area contributed by atoms with Crippen LogP contribution in [0.15, 0.2) is 33.9 Å². The molecule has 7 nitrogen and oxygen atoms in total. The van der Waals surface area contributed by atoms with Gasteiger partial charge in [0, 0.05) is 36.6 Å². The molecule has 0 N–H and O–H groups in total. The highest BCUT2D eigenvalue weighted by Gasteiger charge is 2.43. The molecule has 0 aliphatic carbocycles. The average molecular weight is 556 g/mol. The quantitative estimate of drug-likeness (QED) is 0.348. The predicted octanol–water partition coefficient (Wildman–Crippen LogP) is 5.62. The summed E-state index contributed by atoms with van der Waals surface area (Å²) in [6.07, 6.45) is 2.82. The summed E-state index contributed by atoms with van der Waals surface area (Å²) in [7, 11) is 0. The monoisotopic (exact) mass is 554 g/mol. The number of hydrogen-bond acceptors (Lipinski definition) is 6. The number of nitriles is 1. The smallest absolute Gasteiger partial charge is 0.410 e. The molecule has 0 atom stereocenters. The van der Waals surface area contributed by atoms with E-state index in [0.29, 0.717) is 32.5 Å². The fraction of sp³-hybridized carbons (Fsp3) is 0.640. The molecule has 3 rings (SSSR count). The molecule has 0 saturated carbocycles. The summed E-state index contributed by atoms with van der Waals surface area (Å²) in [5.41, 5.74) is 1.01. The Labute approximate surface area is 218 Å². The number of halogens is 2. The minimum atomic E-state index is -0.529. The zero-order valence-corrected chi connectivity index (χ0v) is 23.0. The van der Waals surface area contributed by atoms with E-state index >= 15 is 0 Å². The van der Waals surface area contributed by atoms with Crippen molar-refractivity contribution in [3.05, 3.63) is 34.3 Å². The summed E-state index contributed by atoms with van der Waals surface area (Å²) < 4.78 is 6.54. The number of nitrogens with zero attached hydrogens (tertiary/aromatic N) is 4. The van der Waals surface area contributed by atoms with Gasteiger partial charge in [-0.3, -0.25) is 4.90 Å². The third-order valence-corrected chi connectivity index (χ3v) is 6.90. The predicted molar refractivity (Wildman–Crippen MR) is 139 cm³/mol. The lowest BCUT2D eigenvalue weighted by atomic mass is 9.82. The number of hydrogen-bond donors (Lipinski definition) is 0. The van der Waals surface area contributed by atoms with E-state index in [1.54, 1.807) is 4.90 Å². The molecule has 0 aromatic heterocycles. The van der Waals surface area contributed by atoms with Crippen molar-refractivity contribution in [1.29, 1.82) is 5.26 Å². The molecule has 2 saturated heterocycles. The molecule has 1 amide bonds. The largest absolute Gasteiger partial charge is 0.444 e. The molecule has 1 aromatic rings. The van der Waals surface area contributed by atoms with Gasteiger partial charge in [0.25, 0.3) is 0 Å². The summed E-state index contributed by atoms with van der Waals surface area (Å²) >= 11 is 3.50. The molecule has 0 radical (unpaired) electrons. The molecular formula is C25H36BrClN4O3. The standard InChI is InChI=1S/C25H35BrN4O3.ClH/c1-5-32-28-22(19-6-8-21(26)9-7-19)20-10-14-30(15-11-20)25(18-27)12-16-29(17-13-25)23(31)33-24(2,3)4;/h6-9,20H,5,10-17H2,1-4H3;1H/b28-22-;. The minimum absolute atomic E-state index is 0. The van der Waals surface area contributed by atoms with Gasteiger partial charge in [0.05, 0.1) is 11.8 Å². The molecule has 2 aliphatic rings. The lowest BCUT2D eigenvalue weighted by Crippen LogP contribution is -2.58. The van der Waals surface area contributed by atoms with Crippen molar-refractivity contribution >= 4 is 40.1 Å². The molecule has 2 heterocycles. The van der Waals surface area contributed by atoms with Gasteiger partial charge in [-0.1, -0.05) is 33.2 Å². The second kappa shape index (κ2) is 12.2. The Kier molecular flexibility index (Phi) is 10.2. The normalized spacial score (nSPS) is 19.6. The lowest BCUT2D eigenvalue weighted by molar-refractivity contribution is 0.00179. The van der Waals surface area contributed by atoms with Gasteiger partial charge in [0.15, 0.2) is 0 Å². The number of carbonyl (C=O) groups excluding carboxylic acids is 1. The van der Waals surface area contributed by atoms with Crippen LogP contribution in [0.1, 0.15) is 58.9 Å². The van der Waals surface area contributed by atoms with Crippen LogP contribution >= 0.6 is 28.3 Å². The van der Waals surface area contributed by atoms with Crippen LogP contribution in [0, 0.1) is 17.2 Å². The number of benzene rings is 1. The van der Waals surface area contributed by atoms with Crippen LogP contribution in [0.3, 0.4) is 0 Å². The Balaban J connectivity index is 0.00000408. The fourth-order valence-electron chi connectivity index (χ4n) is 4.58. The third-order valence-electron chi connectivity index (χ3n) is 6.37. The number of amides is 1. The zero-order chi connectivity index (χ0) is 24.1. The van der Waals surface area contributed by atoms with Gasteiger partial charge in [-0.2, -0.15) is 5.26 Å². The van der Waals surface area contributed by atoms with E-state index in [2.05, 4.69) is 44.2 Å². The highest BCUT2D eigenvalue weighted by atomic mass is 79.9. The first-order valence-corrected chi connectivity index (χ1v) is 12.6. The molecule has 1 aromatic carbocycles. The van der Waals surface area contributed by atoms with E-state index in [-0.39, 0.29) is 24.4 Å². The molecule has 0 unspecified atom stereocenters. The van der Waals surface area contributed by atoms with Gasteiger partial charge in [0.1, 0.15) is 17.7 Å². The number of ether oxygens (including phenoxy) is 1.